The number of alkyl halides is 1. The number of aliphatic hydroxyl groups excluding tert-OH is 2. The van der Waals surface area contributed by atoms with Gasteiger partial charge in [0.15, 0.2) is 0 Å². The summed E-state index contributed by atoms with van der Waals surface area (Å²) in [5.41, 5.74) is 1.18. The number of carbonyl (C=O) groups excluding carboxylic acids is 1. The zero-order valence-corrected chi connectivity index (χ0v) is 11.4. The Balaban J connectivity index is 2.02. The smallest absolute Gasteiger partial charge is 0.251 e. The van der Waals surface area contributed by atoms with Gasteiger partial charge in [0.2, 0.25) is 0 Å². The standard InChI is InChI=1S/C13H16BrNO3/c14-7-11(16)12(17)8-1-3-9(4-2-8)13(18)15-10-5-6-10/h1-4,10-12,16-17H,5-7H2,(H,15,18). The number of nitrogens with one attached hydrogen (secondary N) is 1. The third kappa shape index (κ3) is 3.31. The van der Waals surface area contributed by atoms with Crippen molar-refractivity contribution in [3.8, 4) is 0 Å². The van der Waals surface area contributed by atoms with E-state index in [0.717, 1.165) is 12.8 Å². The van der Waals surface area contributed by atoms with Crippen LogP contribution < -0.4 is 5.32 Å². The molecule has 2 unspecified atom stereocenters. The number of halogens is 1. The minimum absolute atomic E-state index is 0.0837. The molecule has 18 heavy (non-hydrogen) atoms. The first kappa shape index (κ1) is 13.5. The van der Waals surface area contributed by atoms with Gasteiger partial charge in [0.25, 0.3) is 5.91 Å². The highest BCUT2D eigenvalue weighted by Crippen LogP contribution is 2.21. The van der Waals surface area contributed by atoms with Crippen molar-refractivity contribution in [1.82, 2.24) is 5.32 Å². The van der Waals surface area contributed by atoms with Gasteiger partial charge in [-0.3, -0.25) is 4.79 Å². The number of rotatable bonds is 5. The molecule has 0 bridgehead atoms. The van der Waals surface area contributed by atoms with Gasteiger partial charge in [-0.15, -0.1) is 0 Å². The molecule has 0 aliphatic heterocycles. The average Bonchev–Trinajstić information content (AvgIpc) is 3.21. The lowest BCUT2D eigenvalue weighted by Gasteiger charge is -2.16. The van der Waals surface area contributed by atoms with Gasteiger partial charge in [-0.1, -0.05) is 28.1 Å². The van der Waals surface area contributed by atoms with Crippen LogP contribution in [0, 0.1) is 0 Å². The second kappa shape index (κ2) is 5.82. The summed E-state index contributed by atoms with van der Waals surface area (Å²) in [7, 11) is 0. The van der Waals surface area contributed by atoms with Crippen molar-refractivity contribution in [3.63, 3.8) is 0 Å². The summed E-state index contributed by atoms with van der Waals surface area (Å²) < 4.78 is 0. The fraction of sp³-hybridized carbons (Fsp3) is 0.462. The molecule has 1 aromatic rings. The molecule has 0 aromatic heterocycles. The predicted molar refractivity (Wildman–Crippen MR) is 71.7 cm³/mol. The van der Waals surface area contributed by atoms with E-state index in [9.17, 15) is 15.0 Å². The summed E-state index contributed by atoms with van der Waals surface area (Å²) in [5.74, 6) is -0.0837. The number of hydrogen-bond acceptors (Lipinski definition) is 3. The average molecular weight is 314 g/mol. The molecule has 1 saturated carbocycles. The van der Waals surface area contributed by atoms with Crippen LogP contribution in [-0.2, 0) is 0 Å². The van der Waals surface area contributed by atoms with Gasteiger partial charge >= 0.3 is 0 Å². The van der Waals surface area contributed by atoms with Gasteiger partial charge in [-0.05, 0) is 30.5 Å². The molecule has 2 atom stereocenters. The monoisotopic (exact) mass is 313 g/mol. The first-order chi connectivity index (χ1) is 8.61. The van der Waals surface area contributed by atoms with Gasteiger partial charge in [-0.25, -0.2) is 0 Å². The van der Waals surface area contributed by atoms with Crippen molar-refractivity contribution >= 4 is 21.8 Å². The van der Waals surface area contributed by atoms with Crippen LogP contribution in [0.15, 0.2) is 24.3 Å². The molecule has 0 radical (unpaired) electrons. The van der Waals surface area contributed by atoms with E-state index in [1.807, 2.05) is 0 Å². The van der Waals surface area contributed by atoms with E-state index in [1.54, 1.807) is 24.3 Å². The minimum Gasteiger partial charge on any atom is -0.389 e. The maximum Gasteiger partial charge on any atom is 0.251 e. The Kier molecular flexibility index (Phi) is 4.37. The third-order valence-electron chi connectivity index (χ3n) is 2.95. The fourth-order valence-corrected chi connectivity index (χ4v) is 1.99. The van der Waals surface area contributed by atoms with Crippen LogP contribution in [0.2, 0.25) is 0 Å². The number of carbonyl (C=O) groups is 1. The fourth-order valence-electron chi connectivity index (χ4n) is 1.63. The first-order valence-corrected chi connectivity index (χ1v) is 7.07. The van der Waals surface area contributed by atoms with Crippen molar-refractivity contribution in [1.29, 1.82) is 0 Å². The molecule has 1 aliphatic carbocycles. The molecule has 1 fully saturated rings. The first-order valence-electron chi connectivity index (χ1n) is 5.94. The Hall–Kier alpha value is -0.910. The van der Waals surface area contributed by atoms with Crippen molar-refractivity contribution < 1.29 is 15.0 Å². The molecule has 5 heteroatoms. The zero-order valence-electron chi connectivity index (χ0n) is 9.84. The van der Waals surface area contributed by atoms with Gasteiger partial charge in [0.1, 0.15) is 6.10 Å². The van der Waals surface area contributed by atoms with E-state index in [-0.39, 0.29) is 5.91 Å². The van der Waals surface area contributed by atoms with Crippen LogP contribution in [-0.4, -0.2) is 33.6 Å². The lowest BCUT2D eigenvalue weighted by Crippen LogP contribution is -2.25. The molecule has 0 spiro atoms. The molecule has 1 aromatic carbocycles. The van der Waals surface area contributed by atoms with Crippen molar-refractivity contribution in [3.05, 3.63) is 35.4 Å². The molecule has 98 valence electrons. The maximum atomic E-state index is 11.7. The van der Waals surface area contributed by atoms with Crippen LogP contribution in [0.4, 0.5) is 0 Å². The van der Waals surface area contributed by atoms with Crippen molar-refractivity contribution in [2.24, 2.45) is 0 Å². The summed E-state index contributed by atoms with van der Waals surface area (Å²) in [5, 5.41) is 22.5. The van der Waals surface area contributed by atoms with Crippen LogP contribution in [0.1, 0.15) is 34.9 Å². The Labute approximate surface area is 114 Å². The lowest BCUT2D eigenvalue weighted by atomic mass is 10.0. The normalized spacial score (nSPS) is 18.2. The maximum absolute atomic E-state index is 11.7. The van der Waals surface area contributed by atoms with E-state index >= 15 is 0 Å². The molecule has 4 nitrogen and oxygen atoms in total. The summed E-state index contributed by atoms with van der Waals surface area (Å²) in [6.07, 6.45) is 0.320. The largest absolute Gasteiger partial charge is 0.389 e. The van der Waals surface area contributed by atoms with E-state index in [1.165, 1.54) is 0 Å². The number of benzene rings is 1. The lowest BCUT2D eigenvalue weighted by molar-refractivity contribution is 0.0342. The highest BCUT2D eigenvalue weighted by atomic mass is 79.9. The zero-order chi connectivity index (χ0) is 13.1. The van der Waals surface area contributed by atoms with Crippen LogP contribution in [0.5, 0.6) is 0 Å². The molecule has 1 aliphatic rings. The SMILES string of the molecule is O=C(NC1CC1)c1ccc(C(O)C(O)CBr)cc1. The van der Waals surface area contributed by atoms with Gasteiger partial charge in [-0.2, -0.15) is 0 Å². The number of aliphatic hydroxyl groups is 2. The molecule has 3 N–H and O–H groups in total. The van der Waals surface area contributed by atoms with Crippen molar-refractivity contribution in [2.75, 3.05) is 5.33 Å². The summed E-state index contributed by atoms with van der Waals surface area (Å²) in [6, 6.07) is 6.99. The summed E-state index contributed by atoms with van der Waals surface area (Å²) in [6.45, 7) is 0. The van der Waals surface area contributed by atoms with Crippen LogP contribution >= 0.6 is 15.9 Å². The quantitative estimate of drug-likeness (QED) is 0.719. The molecular formula is C13H16BrNO3. The van der Waals surface area contributed by atoms with E-state index in [4.69, 9.17) is 0 Å². The highest BCUT2D eigenvalue weighted by Gasteiger charge is 2.24. The van der Waals surface area contributed by atoms with Gasteiger partial charge in [0.05, 0.1) is 6.10 Å². The Morgan fingerprint density at radius 3 is 2.44 bits per heavy atom. The van der Waals surface area contributed by atoms with Gasteiger partial charge < -0.3 is 15.5 Å². The second-order valence-corrected chi connectivity index (χ2v) is 5.18. The molecule has 2 rings (SSSR count). The Bertz CT molecular complexity index is 417. The Morgan fingerprint density at radius 2 is 1.94 bits per heavy atom. The van der Waals surface area contributed by atoms with E-state index in [2.05, 4.69) is 21.2 Å². The van der Waals surface area contributed by atoms with E-state index < -0.39 is 12.2 Å². The minimum atomic E-state index is -0.940. The number of amides is 1. The number of hydrogen-bond donors (Lipinski definition) is 3. The van der Waals surface area contributed by atoms with Gasteiger partial charge in [0, 0.05) is 16.9 Å². The summed E-state index contributed by atoms with van der Waals surface area (Å²) >= 11 is 3.11. The predicted octanol–water partition coefficient (Wildman–Crippen LogP) is 1.37. The van der Waals surface area contributed by atoms with Crippen LogP contribution in [0.25, 0.3) is 0 Å². The van der Waals surface area contributed by atoms with Crippen molar-refractivity contribution in [2.45, 2.75) is 31.1 Å². The molecular weight excluding hydrogens is 298 g/mol. The molecule has 0 saturated heterocycles. The van der Waals surface area contributed by atoms with Crippen LogP contribution in [0.3, 0.4) is 0 Å². The summed E-state index contributed by atoms with van der Waals surface area (Å²) in [4.78, 5) is 11.7. The molecule has 1 amide bonds. The highest BCUT2D eigenvalue weighted by molar-refractivity contribution is 9.09. The topological polar surface area (TPSA) is 69.6 Å². The second-order valence-electron chi connectivity index (χ2n) is 4.54. The van der Waals surface area contributed by atoms with E-state index in [0.29, 0.717) is 22.5 Å². The third-order valence-corrected chi connectivity index (χ3v) is 3.61. The molecule has 0 heterocycles. The Morgan fingerprint density at radius 1 is 1.33 bits per heavy atom.